The van der Waals surface area contributed by atoms with Crippen molar-refractivity contribution >= 4 is 23.4 Å². The van der Waals surface area contributed by atoms with Crippen molar-refractivity contribution in [2.45, 2.75) is 44.8 Å². The van der Waals surface area contributed by atoms with Crippen molar-refractivity contribution in [3.05, 3.63) is 72.3 Å². The lowest BCUT2D eigenvalue weighted by atomic mass is 9.98. The topological polar surface area (TPSA) is 70.2 Å². The van der Waals surface area contributed by atoms with Gasteiger partial charge in [0.2, 0.25) is 11.8 Å². The number of benzene rings is 2. The second-order valence-electron chi connectivity index (χ2n) is 8.93. The Morgan fingerprint density at radius 3 is 2.62 bits per heavy atom. The minimum absolute atomic E-state index is 0.00471. The molecule has 0 unspecified atom stereocenters. The lowest BCUT2D eigenvalue weighted by Crippen LogP contribution is -2.62. The Bertz CT molecular complexity index is 1100. The first-order chi connectivity index (χ1) is 16.4. The first kappa shape index (κ1) is 23.5. The molecule has 2 aliphatic rings. The minimum Gasteiger partial charge on any atom is -0.497 e. The molecule has 0 radical (unpaired) electrons. The maximum absolute atomic E-state index is 13.3. The molecule has 4 rings (SSSR count). The number of ether oxygens (including phenoxy) is 1. The zero-order valence-electron chi connectivity index (χ0n) is 19.8. The maximum Gasteiger partial charge on any atom is 0.257 e. The van der Waals surface area contributed by atoms with Crippen LogP contribution in [0.3, 0.4) is 0 Å². The molecule has 7 nitrogen and oxygen atoms in total. The van der Waals surface area contributed by atoms with Gasteiger partial charge in [0.25, 0.3) is 5.91 Å². The number of hydrogen-bond acceptors (Lipinski definition) is 4. The average Bonchev–Trinajstić information content (AvgIpc) is 3.16. The highest BCUT2D eigenvalue weighted by Crippen LogP contribution is 2.44. The molecule has 0 saturated carbocycles. The third-order valence-electron chi connectivity index (χ3n) is 6.75. The lowest BCUT2D eigenvalue weighted by molar-refractivity contribution is -0.131. The van der Waals surface area contributed by atoms with E-state index in [0.717, 1.165) is 11.3 Å². The molecule has 1 fully saturated rings. The zero-order valence-corrected chi connectivity index (χ0v) is 19.8. The standard InChI is InChI=1S/C27H31N3O4/c1-4-17-28(19-20-11-13-21(34-3)14-12-20)24(31)10-7-18-29-26(33)22-8-5-6-9-23(22)30-25(32)15-16-27(29,30)2/h4-6,8-9,11-14H,1,7,10,15-19H2,2-3H3/t27-/m1/s1. The normalized spacial score (nSPS) is 19.0. The van der Waals surface area contributed by atoms with Gasteiger partial charge < -0.3 is 14.5 Å². The molecule has 2 aliphatic heterocycles. The third kappa shape index (κ3) is 4.30. The molecule has 0 spiro atoms. The van der Waals surface area contributed by atoms with Gasteiger partial charge in [-0.1, -0.05) is 30.3 Å². The summed E-state index contributed by atoms with van der Waals surface area (Å²) in [6, 6.07) is 14.9. The predicted molar refractivity (Wildman–Crippen MR) is 130 cm³/mol. The summed E-state index contributed by atoms with van der Waals surface area (Å²) in [6.45, 7) is 7.06. The van der Waals surface area contributed by atoms with E-state index in [1.54, 1.807) is 34.0 Å². The molecule has 178 valence electrons. The van der Waals surface area contributed by atoms with Gasteiger partial charge in [0, 0.05) is 32.5 Å². The molecule has 3 amide bonds. The van der Waals surface area contributed by atoms with Crippen LogP contribution in [0.2, 0.25) is 0 Å². The predicted octanol–water partition coefficient (Wildman–Crippen LogP) is 3.99. The van der Waals surface area contributed by atoms with Crippen LogP contribution in [0.4, 0.5) is 5.69 Å². The van der Waals surface area contributed by atoms with Crippen LogP contribution in [0, 0.1) is 0 Å². The van der Waals surface area contributed by atoms with E-state index in [0.29, 0.717) is 56.6 Å². The summed E-state index contributed by atoms with van der Waals surface area (Å²) in [5.74, 6) is 0.717. The van der Waals surface area contributed by atoms with Crippen LogP contribution in [0.5, 0.6) is 5.75 Å². The molecule has 34 heavy (non-hydrogen) atoms. The molecule has 0 aromatic heterocycles. The van der Waals surface area contributed by atoms with Crippen molar-refractivity contribution < 1.29 is 19.1 Å². The second-order valence-corrected chi connectivity index (χ2v) is 8.93. The maximum atomic E-state index is 13.3. The summed E-state index contributed by atoms with van der Waals surface area (Å²) >= 11 is 0. The van der Waals surface area contributed by atoms with E-state index in [4.69, 9.17) is 4.74 Å². The molecule has 1 atom stereocenters. The van der Waals surface area contributed by atoms with Gasteiger partial charge >= 0.3 is 0 Å². The van der Waals surface area contributed by atoms with Gasteiger partial charge in [-0.15, -0.1) is 6.58 Å². The molecule has 0 N–H and O–H groups in total. The molecule has 1 saturated heterocycles. The van der Waals surface area contributed by atoms with Crippen LogP contribution in [-0.4, -0.2) is 53.4 Å². The Balaban J connectivity index is 1.44. The van der Waals surface area contributed by atoms with Crippen LogP contribution < -0.4 is 9.64 Å². The van der Waals surface area contributed by atoms with E-state index < -0.39 is 5.66 Å². The molecular formula is C27H31N3O4. The van der Waals surface area contributed by atoms with Crippen molar-refractivity contribution in [1.82, 2.24) is 9.80 Å². The van der Waals surface area contributed by atoms with Gasteiger partial charge in [0.05, 0.1) is 18.4 Å². The van der Waals surface area contributed by atoms with Gasteiger partial charge in [0.1, 0.15) is 11.4 Å². The highest BCUT2D eigenvalue weighted by molar-refractivity contribution is 6.10. The van der Waals surface area contributed by atoms with E-state index in [1.807, 2.05) is 49.4 Å². The Labute approximate surface area is 200 Å². The van der Waals surface area contributed by atoms with E-state index in [-0.39, 0.29) is 17.7 Å². The van der Waals surface area contributed by atoms with Gasteiger partial charge in [-0.2, -0.15) is 0 Å². The number of carbonyl (C=O) groups is 3. The Kier molecular flexibility index (Phi) is 6.72. The number of nitrogens with zero attached hydrogens (tertiary/aromatic N) is 3. The smallest absolute Gasteiger partial charge is 0.257 e. The molecule has 2 aromatic carbocycles. The van der Waals surface area contributed by atoms with Crippen molar-refractivity contribution in [3.63, 3.8) is 0 Å². The molecule has 2 heterocycles. The van der Waals surface area contributed by atoms with Gasteiger partial charge in [-0.25, -0.2) is 0 Å². The summed E-state index contributed by atoms with van der Waals surface area (Å²) in [5, 5.41) is 0. The van der Waals surface area contributed by atoms with Crippen LogP contribution in [0.1, 0.15) is 48.5 Å². The second kappa shape index (κ2) is 9.71. The van der Waals surface area contributed by atoms with E-state index >= 15 is 0 Å². The SMILES string of the molecule is C=CCN(Cc1ccc(OC)cc1)C(=O)CCCN1C(=O)c2ccccc2N2C(=O)CC[C@]12C. The van der Waals surface area contributed by atoms with Crippen LogP contribution in [-0.2, 0) is 16.1 Å². The van der Waals surface area contributed by atoms with Crippen molar-refractivity contribution in [3.8, 4) is 5.75 Å². The molecule has 7 heteroatoms. The minimum atomic E-state index is -0.699. The number of rotatable bonds is 9. The zero-order chi connectivity index (χ0) is 24.3. The summed E-state index contributed by atoms with van der Waals surface area (Å²) in [7, 11) is 1.62. The number of anilines is 1. The summed E-state index contributed by atoms with van der Waals surface area (Å²) in [4.78, 5) is 44.4. The fourth-order valence-electron chi connectivity index (χ4n) is 4.95. The third-order valence-corrected chi connectivity index (χ3v) is 6.75. The monoisotopic (exact) mass is 461 g/mol. The quantitative estimate of drug-likeness (QED) is 0.530. The number of fused-ring (bicyclic) bond motifs is 3. The van der Waals surface area contributed by atoms with Crippen LogP contribution in [0.25, 0.3) is 0 Å². The molecule has 2 aromatic rings. The largest absolute Gasteiger partial charge is 0.497 e. The molecule has 0 bridgehead atoms. The summed E-state index contributed by atoms with van der Waals surface area (Å²) in [5.41, 5.74) is 1.53. The first-order valence-electron chi connectivity index (χ1n) is 11.6. The van der Waals surface area contributed by atoms with Crippen molar-refractivity contribution in [2.24, 2.45) is 0 Å². The van der Waals surface area contributed by atoms with Gasteiger partial charge in [-0.05, 0) is 49.6 Å². The first-order valence-corrected chi connectivity index (χ1v) is 11.6. The Morgan fingerprint density at radius 1 is 1.18 bits per heavy atom. The van der Waals surface area contributed by atoms with Crippen molar-refractivity contribution in [2.75, 3.05) is 25.1 Å². The summed E-state index contributed by atoms with van der Waals surface area (Å²) < 4.78 is 5.20. The van der Waals surface area contributed by atoms with E-state index in [1.165, 1.54) is 0 Å². The summed E-state index contributed by atoms with van der Waals surface area (Å²) in [6.07, 6.45) is 3.53. The average molecular weight is 462 g/mol. The Hall–Kier alpha value is -3.61. The molecule has 0 aliphatic carbocycles. The lowest BCUT2D eigenvalue weighted by Gasteiger charge is -2.48. The Morgan fingerprint density at radius 2 is 1.91 bits per heavy atom. The van der Waals surface area contributed by atoms with E-state index in [2.05, 4.69) is 6.58 Å². The molecular weight excluding hydrogens is 430 g/mol. The fraction of sp³-hybridized carbons (Fsp3) is 0.370. The highest BCUT2D eigenvalue weighted by Gasteiger charge is 2.52. The van der Waals surface area contributed by atoms with Crippen LogP contribution in [0.15, 0.2) is 61.2 Å². The van der Waals surface area contributed by atoms with Crippen molar-refractivity contribution in [1.29, 1.82) is 0 Å². The number of para-hydroxylation sites is 1. The number of hydrogen-bond donors (Lipinski definition) is 0. The van der Waals surface area contributed by atoms with E-state index in [9.17, 15) is 14.4 Å². The highest BCUT2D eigenvalue weighted by atomic mass is 16.5. The number of carbonyl (C=O) groups excluding carboxylic acids is 3. The van der Waals surface area contributed by atoms with Gasteiger partial charge in [0.15, 0.2) is 0 Å². The van der Waals surface area contributed by atoms with Crippen LogP contribution >= 0.6 is 0 Å². The fourth-order valence-corrected chi connectivity index (χ4v) is 4.95. The van der Waals surface area contributed by atoms with Gasteiger partial charge in [-0.3, -0.25) is 19.3 Å². The number of amides is 3. The number of methoxy groups -OCH3 is 1.